The van der Waals surface area contributed by atoms with Crippen LogP contribution >= 0.6 is 0 Å². The molecule has 0 aromatic carbocycles. The molecule has 0 radical (unpaired) electrons. The monoisotopic (exact) mass is 168 g/mol. The molecule has 1 aromatic heterocycles. The van der Waals surface area contributed by atoms with Crippen LogP contribution in [0.15, 0.2) is 18.5 Å². The van der Waals surface area contributed by atoms with Gasteiger partial charge in [-0.2, -0.15) is 0 Å². The van der Waals surface area contributed by atoms with Crippen LogP contribution in [0.2, 0.25) is 0 Å². The number of hydrogen-bond donors (Lipinski definition) is 1. The summed E-state index contributed by atoms with van der Waals surface area (Å²) in [6, 6.07) is 1.53. The zero-order chi connectivity index (χ0) is 8.81. The molecule has 0 amide bonds. The summed E-state index contributed by atoms with van der Waals surface area (Å²) in [6.07, 6.45) is 4.83. The van der Waals surface area contributed by atoms with E-state index in [1.807, 2.05) is 7.05 Å². The van der Waals surface area contributed by atoms with Gasteiger partial charge in [0.25, 0.3) is 0 Å². The Bertz CT molecular complexity index is 238. The van der Waals surface area contributed by atoms with Crippen LogP contribution in [0.1, 0.15) is 12.0 Å². The molecule has 0 saturated carbocycles. The van der Waals surface area contributed by atoms with Crippen LogP contribution in [0.25, 0.3) is 0 Å². The van der Waals surface area contributed by atoms with Crippen molar-refractivity contribution in [1.82, 2.24) is 10.3 Å². The number of aromatic nitrogens is 1. The average molecular weight is 168 g/mol. The van der Waals surface area contributed by atoms with Gasteiger partial charge in [-0.05, 0) is 38.1 Å². The molecule has 66 valence electrons. The number of nitrogens with one attached hydrogen (secondary N) is 1. The molecule has 0 aliphatic rings. The van der Waals surface area contributed by atoms with E-state index in [-0.39, 0.29) is 5.82 Å². The molecule has 0 aliphatic heterocycles. The van der Waals surface area contributed by atoms with Gasteiger partial charge in [-0.15, -0.1) is 0 Å². The van der Waals surface area contributed by atoms with E-state index in [9.17, 15) is 4.39 Å². The fraction of sp³-hybridized carbons (Fsp3) is 0.444. The number of rotatable bonds is 4. The minimum atomic E-state index is -0.253. The Balaban J connectivity index is 2.41. The molecule has 0 fully saturated rings. The molecule has 0 spiro atoms. The van der Waals surface area contributed by atoms with E-state index in [0.717, 1.165) is 24.9 Å². The van der Waals surface area contributed by atoms with Gasteiger partial charge in [-0.25, -0.2) is 4.39 Å². The normalized spacial score (nSPS) is 10.2. The van der Waals surface area contributed by atoms with Gasteiger partial charge in [0.1, 0.15) is 5.82 Å². The predicted octanol–water partition coefficient (Wildman–Crippen LogP) is 1.37. The highest BCUT2D eigenvalue weighted by atomic mass is 19.1. The predicted molar refractivity (Wildman–Crippen MR) is 46.4 cm³/mol. The number of pyridine rings is 1. The Morgan fingerprint density at radius 1 is 1.50 bits per heavy atom. The maximum absolute atomic E-state index is 12.6. The average Bonchev–Trinajstić information content (AvgIpc) is 2.05. The van der Waals surface area contributed by atoms with Crippen molar-refractivity contribution in [2.24, 2.45) is 0 Å². The number of hydrogen-bond acceptors (Lipinski definition) is 2. The first-order chi connectivity index (χ1) is 5.83. The van der Waals surface area contributed by atoms with E-state index in [2.05, 4.69) is 10.3 Å². The second-order valence-corrected chi connectivity index (χ2v) is 2.72. The Labute approximate surface area is 71.8 Å². The van der Waals surface area contributed by atoms with E-state index in [1.54, 1.807) is 6.20 Å². The van der Waals surface area contributed by atoms with Gasteiger partial charge in [0.2, 0.25) is 0 Å². The Morgan fingerprint density at radius 3 is 3.00 bits per heavy atom. The molecule has 1 N–H and O–H groups in total. The van der Waals surface area contributed by atoms with Gasteiger partial charge in [-0.1, -0.05) is 0 Å². The van der Waals surface area contributed by atoms with Crippen LogP contribution in [0.4, 0.5) is 4.39 Å². The fourth-order valence-electron chi connectivity index (χ4n) is 1.06. The summed E-state index contributed by atoms with van der Waals surface area (Å²) in [5.74, 6) is -0.253. The first kappa shape index (κ1) is 9.13. The lowest BCUT2D eigenvalue weighted by atomic mass is 10.1. The third-order valence-corrected chi connectivity index (χ3v) is 1.65. The van der Waals surface area contributed by atoms with Crippen molar-refractivity contribution >= 4 is 0 Å². The molecular formula is C9H13FN2. The SMILES string of the molecule is CNCCCc1cncc(F)c1. The summed E-state index contributed by atoms with van der Waals surface area (Å²) in [5.41, 5.74) is 0.963. The highest BCUT2D eigenvalue weighted by Crippen LogP contribution is 2.02. The Morgan fingerprint density at radius 2 is 2.33 bits per heavy atom. The standard InChI is InChI=1S/C9H13FN2/c1-11-4-2-3-8-5-9(10)7-12-6-8/h5-7,11H,2-4H2,1H3. The molecule has 1 aromatic rings. The van der Waals surface area contributed by atoms with E-state index in [1.165, 1.54) is 12.3 Å². The molecule has 0 atom stereocenters. The van der Waals surface area contributed by atoms with Crippen molar-refractivity contribution in [3.63, 3.8) is 0 Å². The molecular weight excluding hydrogens is 155 g/mol. The third-order valence-electron chi connectivity index (χ3n) is 1.65. The lowest BCUT2D eigenvalue weighted by Crippen LogP contribution is -2.08. The van der Waals surface area contributed by atoms with Gasteiger partial charge in [0.05, 0.1) is 6.20 Å². The van der Waals surface area contributed by atoms with Gasteiger partial charge < -0.3 is 5.32 Å². The van der Waals surface area contributed by atoms with Crippen LogP contribution in [0, 0.1) is 5.82 Å². The van der Waals surface area contributed by atoms with Crippen LogP contribution in [-0.4, -0.2) is 18.6 Å². The van der Waals surface area contributed by atoms with Crippen LogP contribution in [0.5, 0.6) is 0 Å². The highest BCUT2D eigenvalue weighted by Gasteiger charge is 1.94. The maximum atomic E-state index is 12.6. The van der Waals surface area contributed by atoms with Crippen molar-refractivity contribution in [3.8, 4) is 0 Å². The summed E-state index contributed by atoms with van der Waals surface area (Å²) in [5, 5.41) is 3.04. The van der Waals surface area contributed by atoms with Gasteiger partial charge in [-0.3, -0.25) is 4.98 Å². The van der Waals surface area contributed by atoms with Crippen LogP contribution < -0.4 is 5.32 Å². The largest absolute Gasteiger partial charge is 0.320 e. The zero-order valence-electron chi connectivity index (χ0n) is 7.18. The Kier molecular flexibility index (Phi) is 3.67. The number of halogens is 1. The number of nitrogens with zero attached hydrogens (tertiary/aromatic N) is 1. The molecule has 3 heteroatoms. The molecule has 0 aliphatic carbocycles. The van der Waals surface area contributed by atoms with Gasteiger partial charge in [0, 0.05) is 6.20 Å². The minimum Gasteiger partial charge on any atom is -0.320 e. The first-order valence-electron chi connectivity index (χ1n) is 4.07. The Hall–Kier alpha value is -0.960. The quantitative estimate of drug-likeness (QED) is 0.687. The van der Waals surface area contributed by atoms with Crippen LogP contribution in [0.3, 0.4) is 0 Å². The van der Waals surface area contributed by atoms with E-state index in [0.29, 0.717) is 0 Å². The molecule has 1 heterocycles. The summed E-state index contributed by atoms with van der Waals surface area (Å²) in [7, 11) is 1.91. The molecule has 0 saturated heterocycles. The molecule has 0 unspecified atom stereocenters. The van der Waals surface area contributed by atoms with Crippen molar-refractivity contribution in [1.29, 1.82) is 0 Å². The van der Waals surface area contributed by atoms with E-state index in [4.69, 9.17) is 0 Å². The second kappa shape index (κ2) is 4.83. The van der Waals surface area contributed by atoms with Crippen molar-refractivity contribution in [3.05, 3.63) is 29.8 Å². The van der Waals surface area contributed by atoms with Gasteiger partial charge >= 0.3 is 0 Å². The lowest BCUT2D eigenvalue weighted by molar-refractivity contribution is 0.616. The smallest absolute Gasteiger partial charge is 0.141 e. The molecule has 2 nitrogen and oxygen atoms in total. The van der Waals surface area contributed by atoms with Crippen molar-refractivity contribution in [2.45, 2.75) is 12.8 Å². The second-order valence-electron chi connectivity index (χ2n) is 2.72. The summed E-state index contributed by atoms with van der Waals surface area (Å²) < 4.78 is 12.6. The van der Waals surface area contributed by atoms with Crippen molar-refractivity contribution in [2.75, 3.05) is 13.6 Å². The zero-order valence-corrected chi connectivity index (χ0v) is 7.18. The molecule has 0 bridgehead atoms. The van der Waals surface area contributed by atoms with E-state index < -0.39 is 0 Å². The number of aryl methyl sites for hydroxylation is 1. The van der Waals surface area contributed by atoms with Gasteiger partial charge in [0.15, 0.2) is 0 Å². The fourth-order valence-corrected chi connectivity index (χ4v) is 1.06. The first-order valence-corrected chi connectivity index (χ1v) is 4.07. The summed E-state index contributed by atoms with van der Waals surface area (Å²) >= 11 is 0. The summed E-state index contributed by atoms with van der Waals surface area (Å²) in [6.45, 7) is 0.955. The molecule has 12 heavy (non-hydrogen) atoms. The van der Waals surface area contributed by atoms with Crippen LogP contribution in [-0.2, 0) is 6.42 Å². The van der Waals surface area contributed by atoms with Crippen molar-refractivity contribution < 1.29 is 4.39 Å². The van der Waals surface area contributed by atoms with E-state index >= 15 is 0 Å². The minimum absolute atomic E-state index is 0.253. The maximum Gasteiger partial charge on any atom is 0.141 e. The highest BCUT2D eigenvalue weighted by molar-refractivity contribution is 5.09. The molecule has 1 rings (SSSR count). The summed E-state index contributed by atoms with van der Waals surface area (Å²) in [4.78, 5) is 3.77. The third kappa shape index (κ3) is 2.96. The lowest BCUT2D eigenvalue weighted by Gasteiger charge is -1.99. The topological polar surface area (TPSA) is 24.9 Å².